The Kier molecular flexibility index (Phi) is 4.54. The van der Waals surface area contributed by atoms with E-state index in [2.05, 4.69) is 0 Å². The Morgan fingerprint density at radius 2 is 1.52 bits per heavy atom. The molecule has 0 atom stereocenters. The summed E-state index contributed by atoms with van der Waals surface area (Å²) in [6, 6.07) is 8.26. The third kappa shape index (κ3) is 3.74. The standard InChI is InChI=1S/C16H17F3OSi/c1-16(2,20-21)9-10-3-5-11(6-4-10)15-13(18)7-12(17)8-14(15)19/h3-8H,9H2,1-2,21H3. The van der Waals surface area contributed by atoms with Crippen molar-refractivity contribution in [2.24, 2.45) is 0 Å². The van der Waals surface area contributed by atoms with E-state index in [0.29, 0.717) is 34.6 Å². The summed E-state index contributed by atoms with van der Waals surface area (Å²) in [5.41, 5.74) is 0.947. The molecule has 0 heterocycles. The maximum Gasteiger partial charge on any atom is 0.146 e. The van der Waals surface area contributed by atoms with E-state index in [0.717, 1.165) is 5.56 Å². The fourth-order valence-electron chi connectivity index (χ4n) is 2.17. The van der Waals surface area contributed by atoms with E-state index < -0.39 is 17.5 Å². The van der Waals surface area contributed by atoms with Gasteiger partial charge in [0.05, 0.1) is 11.2 Å². The third-order valence-electron chi connectivity index (χ3n) is 3.43. The average Bonchev–Trinajstić information content (AvgIpc) is 2.39. The van der Waals surface area contributed by atoms with Gasteiger partial charge in [0.2, 0.25) is 0 Å². The smallest absolute Gasteiger partial charge is 0.146 e. The summed E-state index contributed by atoms with van der Waals surface area (Å²) >= 11 is 0. The summed E-state index contributed by atoms with van der Waals surface area (Å²) in [4.78, 5) is 0. The van der Waals surface area contributed by atoms with Gasteiger partial charge in [0.15, 0.2) is 0 Å². The van der Waals surface area contributed by atoms with Gasteiger partial charge in [-0.3, -0.25) is 0 Å². The maximum absolute atomic E-state index is 13.7. The summed E-state index contributed by atoms with van der Waals surface area (Å²) in [6.07, 6.45) is 0.713. The first-order valence-corrected chi connectivity index (χ1v) is 7.43. The van der Waals surface area contributed by atoms with Crippen LogP contribution in [0.25, 0.3) is 11.1 Å². The van der Waals surface area contributed by atoms with Crippen LogP contribution in [0.5, 0.6) is 0 Å². The zero-order valence-electron chi connectivity index (χ0n) is 12.2. The van der Waals surface area contributed by atoms with Crippen molar-refractivity contribution in [3.63, 3.8) is 0 Å². The molecule has 0 aliphatic carbocycles. The van der Waals surface area contributed by atoms with Crippen LogP contribution in [0, 0.1) is 17.5 Å². The minimum absolute atomic E-state index is 0.207. The third-order valence-corrected chi connectivity index (χ3v) is 4.54. The molecule has 0 N–H and O–H groups in total. The molecule has 2 aromatic rings. The molecule has 0 aliphatic heterocycles. The topological polar surface area (TPSA) is 9.23 Å². The first kappa shape index (κ1) is 15.8. The van der Waals surface area contributed by atoms with Gasteiger partial charge in [-0.2, -0.15) is 0 Å². The largest absolute Gasteiger partial charge is 0.423 e. The number of hydrogen-bond acceptors (Lipinski definition) is 1. The second-order valence-corrected chi connectivity index (χ2v) is 5.99. The van der Waals surface area contributed by atoms with Crippen molar-refractivity contribution in [3.8, 4) is 11.1 Å². The predicted octanol–water partition coefficient (Wildman–Crippen LogP) is 3.39. The molecule has 0 unspecified atom stereocenters. The zero-order chi connectivity index (χ0) is 15.6. The van der Waals surface area contributed by atoms with Crippen LogP contribution in [0.4, 0.5) is 13.2 Å². The van der Waals surface area contributed by atoms with Gasteiger partial charge >= 0.3 is 0 Å². The van der Waals surface area contributed by atoms with Gasteiger partial charge in [0.1, 0.15) is 27.9 Å². The monoisotopic (exact) mass is 310 g/mol. The van der Waals surface area contributed by atoms with Crippen molar-refractivity contribution in [2.75, 3.05) is 0 Å². The highest BCUT2D eigenvalue weighted by atomic mass is 28.2. The van der Waals surface area contributed by atoms with E-state index >= 15 is 0 Å². The molecule has 1 nitrogen and oxygen atoms in total. The van der Waals surface area contributed by atoms with E-state index in [-0.39, 0.29) is 11.2 Å². The summed E-state index contributed by atoms with van der Waals surface area (Å²) < 4.78 is 45.9. The van der Waals surface area contributed by atoms with Gasteiger partial charge in [0, 0.05) is 12.1 Å². The second-order valence-electron chi connectivity index (χ2n) is 5.58. The molecule has 0 bridgehead atoms. The lowest BCUT2D eigenvalue weighted by atomic mass is 9.96. The summed E-state index contributed by atoms with van der Waals surface area (Å²) in [6.45, 7) is 3.99. The number of halogens is 3. The Hall–Kier alpha value is -1.59. The van der Waals surface area contributed by atoms with E-state index in [1.165, 1.54) is 0 Å². The molecule has 0 saturated carbocycles. The first-order chi connectivity index (χ1) is 9.82. The molecule has 5 heteroatoms. The first-order valence-electron chi connectivity index (χ1n) is 6.61. The van der Waals surface area contributed by atoms with Gasteiger partial charge in [-0.1, -0.05) is 24.3 Å². The van der Waals surface area contributed by atoms with E-state index in [9.17, 15) is 13.2 Å². The highest BCUT2D eigenvalue weighted by molar-refractivity contribution is 5.98. The fourth-order valence-corrected chi connectivity index (χ4v) is 2.32. The minimum Gasteiger partial charge on any atom is -0.423 e. The molecule has 21 heavy (non-hydrogen) atoms. The lowest BCUT2D eigenvalue weighted by molar-refractivity contribution is 0.124. The zero-order valence-corrected chi connectivity index (χ0v) is 14.2. The van der Waals surface area contributed by atoms with Crippen LogP contribution in [0.2, 0.25) is 0 Å². The Balaban J connectivity index is 2.32. The highest BCUT2D eigenvalue weighted by Gasteiger charge is 2.17. The van der Waals surface area contributed by atoms with Crippen molar-refractivity contribution in [1.29, 1.82) is 0 Å². The van der Waals surface area contributed by atoms with Crippen LogP contribution in [0.15, 0.2) is 36.4 Å². The normalized spacial score (nSPS) is 11.9. The predicted molar refractivity (Wildman–Crippen MR) is 80.6 cm³/mol. The van der Waals surface area contributed by atoms with Gasteiger partial charge < -0.3 is 4.43 Å². The molecule has 2 aromatic carbocycles. The van der Waals surface area contributed by atoms with Gasteiger partial charge in [0.25, 0.3) is 0 Å². The van der Waals surface area contributed by atoms with Crippen LogP contribution in [-0.2, 0) is 10.8 Å². The second kappa shape index (κ2) is 6.03. The SMILES string of the molecule is CC(C)(Cc1ccc(-c2c(F)cc(F)cc2F)cc1)O[SiH3]. The Morgan fingerprint density at radius 3 is 2.00 bits per heavy atom. The van der Waals surface area contributed by atoms with Crippen molar-refractivity contribution in [1.82, 2.24) is 0 Å². The summed E-state index contributed by atoms with van der Waals surface area (Å²) in [7, 11) is 0.648. The molecule has 0 spiro atoms. The quantitative estimate of drug-likeness (QED) is 0.787. The molecule has 0 aliphatic rings. The Labute approximate surface area is 125 Å². The number of benzene rings is 2. The molecule has 2 rings (SSSR count). The van der Waals surface area contributed by atoms with Gasteiger partial charge in [-0.15, -0.1) is 0 Å². The number of hydrogen-bond donors (Lipinski definition) is 0. The van der Waals surface area contributed by atoms with Crippen LogP contribution < -0.4 is 0 Å². The summed E-state index contributed by atoms with van der Waals surface area (Å²) in [5, 5.41) is 0. The molecule has 112 valence electrons. The van der Waals surface area contributed by atoms with Crippen molar-refractivity contribution in [3.05, 3.63) is 59.4 Å². The van der Waals surface area contributed by atoms with Crippen LogP contribution in [0.1, 0.15) is 19.4 Å². The minimum atomic E-state index is -0.920. The Morgan fingerprint density at radius 1 is 1.00 bits per heavy atom. The van der Waals surface area contributed by atoms with Crippen LogP contribution >= 0.6 is 0 Å². The lowest BCUT2D eigenvalue weighted by Gasteiger charge is -2.23. The Bertz CT molecular complexity index is 615. The van der Waals surface area contributed by atoms with E-state index in [1.54, 1.807) is 24.3 Å². The van der Waals surface area contributed by atoms with Crippen LogP contribution in [0.3, 0.4) is 0 Å². The maximum atomic E-state index is 13.7. The van der Waals surface area contributed by atoms with E-state index in [4.69, 9.17) is 4.43 Å². The fraction of sp³-hybridized carbons (Fsp3) is 0.250. The van der Waals surface area contributed by atoms with Gasteiger partial charge in [-0.25, -0.2) is 13.2 Å². The highest BCUT2D eigenvalue weighted by Crippen LogP contribution is 2.28. The van der Waals surface area contributed by atoms with Crippen LogP contribution in [-0.4, -0.2) is 16.1 Å². The van der Waals surface area contributed by atoms with Crippen molar-refractivity contribution >= 4 is 10.5 Å². The molecule has 0 fully saturated rings. The summed E-state index contributed by atoms with van der Waals surface area (Å²) in [5.74, 6) is -2.72. The lowest BCUT2D eigenvalue weighted by Crippen LogP contribution is -2.26. The molecular formula is C16H17F3OSi. The number of rotatable bonds is 4. The van der Waals surface area contributed by atoms with Crippen molar-refractivity contribution < 1.29 is 17.6 Å². The van der Waals surface area contributed by atoms with Gasteiger partial charge in [-0.05, 0) is 31.4 Å². The molecule has 0 aromatic heterocycles. The molecule has 0 saturated heterocycles. The van der Waals surface area contributed by atoms with E-state index in [1.807, 2.05) is 13.8 Å². The molecule has 0 amide bonds. The average molecular weight is 310 g/mol. The molecular weight excluding hydrogens is 293 g/mol. The van der Waals surface area contributed by atoms with Crippen molar-refractivity contribution in [2.45, 2.75) is 25.9 Å². The molecule has 0 radical (unpaired) electrons.